The van der Waals surface area contributed by atoms with Gasteiger partial charge >= 0.3 is 0 Å². The monoisotopic (exact) mass is 253 g/mol. The van der Waals surface area contributed by atoms with Crippen molar-refractivity contribution in [1.82, 2.24) is 0 Å². The molecule has 0 saturated carbocycles. The normalized spacial score (nSPS) is 20.5. The van der Waals surface area contributed by atoms with Gasteiger partial charge in [-0.15, -0.1) is 0 Å². The highest BCUT2D eigenvalue weighted by atomic mass is 35.5. The predicted octanol–water partition coefficient (Wildman–Crippen LogP) is 3.77. The van der Waals surface area contributed by atoms with E-state index in [1.54, 1.807) is 0 Å². The van der Waals surface area contributed by atoms with E-state index >= 15 is 0 Å². The molecule has 1 aromatic carbocycles. The molecule has 1 aliphatic rings. The Morgan fingerprint density at radius 2 is 1.88 bits per heavy atom. The summed E-state index contributed by atoms with van der Waals surface area (Å²) >= 11 is 5.85. The maximum atomic E-state index is 5.85. The third-order valence-electron chi connectivity index (χ3n) is 2.77. The standard InChI is InChI=1S/C11H16ClN3Si/c1-16(2,3)11-8-15(14-13-11)10-6-4-9(12)5-7-10/h4-7,11H,8H2,1-3H3. The molecular formula is C11H16ClN3Si. The van der Waals surface area contributed by atoms with E-state index in [-0.39, 0.29) is 0 Å². The zero-order chi connectivity index (χ0) is 11.8. The summed E-state index contributed by atoms with van der Waals surface area (Å²) in [7, 11) is -1.24. The van der Waals surface area contributed by atoms with Crippen LogP contribution in [0.25, 0.3) is 0 Å². The van der Waals surface area contributed by atoms with Crippen LogP contribution in [0, 0.1) is 0 Å². The Bertz CT molecular complexity index is 397. The Morgan fingerprint density at radius 1 is 1.25 bits per heavy atom. The van der Waals surface area contributed by atoms with Crippen LogP contribution in [0.1, 0.15) is 0 Å². The molecule has 0 radical (unpaired) electrons. The maximum absolute atomic E-state index is 5.85. The molecule has 1 aliphatic heterocycles. The maximum Gasteiger partial charge on any atom is 0.0831 e. The topological polar surface area (TPSA) is 28.0 Å². The van der Waals surface area contributed by atoms with Crippen LogP contribution in [0.4, 0.5) is 5.69 Å². The van der Waals surface area contributed by atoms with Gasteiger partial charge in [-0.25, -0.2) is 5.01 Å². The Labute approximate surface area is 102 Å². The molecule has 0 aliphatic carbocycles. The van der Waals surface area contributed by atoms with Crippen LogP contribution in [-0.2, 0) is 0 Å². The minimum absolute atomic E-state index is 0.392. The van der Waals surface area contributed by atoms with E-state index in [1.807, 2.05) is 29.3 Å². The number of nitrogens with zero attached hydrogens (tertiary/aromatic N) is 3. The van der Waals surface area contributed by atoms with E-state index in [1.165, 1.54) is 0 Å². The third kappa shape index (κ3) is 2.44. The van der Waals surface area contributed by atoms with Crippen molar-refractivity contribution in [3.05, 3.63) is 29.3 Å². The molecule has 1 atom stereocenters. The van der Waals surface area contributed by atoms with Gasteiger partial charge in [0, 0.05) is 5.02 Å². The van der Waals surface area contributed by atoms with Crippen LogP contribution in [0.2, 0.25) is 24.7 Å². The number of hydrogen-bond donors (Lipinski definition) is 0. The highest BCUT2D eigenvalue weighted by Gasteiger charge is 2.32. The molecule has 0 amide bonds. The summed E-state index contributed by atoms with van der Waals surface area (Å²) in [5, 5.41) is 11.3. The molecule has 0 spiro atoms. The summed E-state index contributed by atoms with van der Waals surface area (Å²) in [4.78, 5) is 0. The van der Waals surface area contributed by atoms with E-state index in [0.29, 0.717) is 5.67 Å². The molecule has 1 aromatic rings. The van der Waals surface area contributed by atoms with Crippen molar-refractivity contribution in [2.75, 3.05) is 11.6 Å². The molecule has 86 valence electrons. The van der Waals surface area contributed by atoms with Crippen LogP contribution in [0.3, 0.4) is 0 Å². The lowest BCUT2D eigenvalue weighted by Crippen LogP contribution is -2.40. The molecule has 0 bridgehead atoms. The number of rotatable bonds is 2. The van der Waals surface area contributed by atoms with Crippen LogP contribution >= 0.6 is 11.6 Å². The Kier molecular flexibility index (Phi) is 3.03. The van der Waals surface area contributed by atoms with E-state index in [2.05, 4.69) is 30.0 Å². The van der Waals surface area contributed by atoms with Crippen LogP contribution < -0.4 is 5.01 Å². The second kappa shape index (κ2) is 4.18. The average molecular weight is 254 g/mol. The molecule has 0 saturated heterocycles. The lowest BCUT2D eigenvalue weighted by molar-refractivity contribution is 0.898. The quantitative estimate of drug-likeness (QED) is 0.738. The molecular weight excluding hydrogens is 238 g/mol. The minimum atomic E-state index is -1.24. The summed E-state index contributed by atoms with van der Waals surface area (Å²) in [5.41, 5.74) is 1.46. The van der Waals surface area contributed by atoms with Crippen molar-refractivity contribution < 1.29 is 0 Å². The zero-order valence-corrected chi connectivity index (χ0v) is 11.6. The van der Waals surface area contributed by atoms with Gasteiger partial charge in [0.25, 0.3) is 0 Å². The van der Waals surface area contributed by atoms with Gasteiger partial charge in [-0.3, -0.25) is 0 Å². The average Bonchev–Trinajstić information content (AvgIpc) is 2.67. The summed E-state index contributed by atoms with van der Waals surface area (Å²) < 4.78 is 0. The number of halogens is 1. The summed E-state index contributed by atoms with van der Waals surface area (Å²) in [6.07, 6.45) is 0. The van der Waals surface area contributed by atoms with E-state index < -0.39 is 8.07 Å². The van der Waals surface area contributed by atoms with Crippen molar-refractivity contribution >= 4 is 25.4 Å². The van der Waals surface area contributed by atoms with E-state index in [0.717, 1.165) is 17.3 Å². The molecule has 0 fully saturated rings. The van der Waals surface area contributed by atoms with E-state index in [9.17, 15) is 0 Å². The van der Waals surface area contributed by atoms with Gasteiger partial charge in [0.2, 0.25) is 0 Å². The Balaban J connectivity index is 2.10. The molecule has 1 heterocycles. The fourth-order valence-corrected chi connectivity index (χ4v) is 2.82. The predicted molar refractivity (Wildman–Crippen MR) is 70.8 cm³/mol. The lowest BCUT2D eigenvalue weighted by atomic mass is 10.3. The van der Waals surface area contributed by atoms with Crippen molar-refractivity contribution in [2.24, 2.45) is 10.3 Å². The van der Waals surface area contributed by atoms with Gasteiger partial charge in [-0.1, -0.05) is 36.5 Å². The first-order chi connectivity index (χ1) is 7.47. The first-order valence-electron chi connectivity index (χ1n) is 5.41. The summed E-state index contributed by atoms with van der Waals surface area (Å²) in [5.74, 6) is 0. The lowest BCUT2D eigenvalue weighted by Gasteiger charge is -2.21. The second-order valence-electron chi connectivity index (χ2n) is 5.15. The second-order valence-corrected chi connectivity index (χ2v) is 11.0. The summed E-state index contributed by atoms with van der Waals surface area (Å²) in [6, 6.07) is 7.73. The fraction of sp³-hybridized carbons (Fsp3) is 0.455. The SMILES string of the molecule is C[Si](C)(C)C1CN(c2ccc(Cl)cc2)N=N1. The first-order valence-corrected chi connectivity index (χ1v) is 9.36. The number of hydrogen-bond acceptors (Lipinski definition) is 3. The molecule has 0 N–H and O–H groups in total. The van der Waals surface area contributed by atoms with E-state index in [4.69, 9.17) is 11.6 Å². The van der Waals surface area contributed by atoms with Gasteiger partial charge in [0.15, 0.2) is 0 Å². The van der Waals surface area contributed by atoms with Gasteiger partial charge in [-0.05, 0) is 24.3 Å². The third-order valence-corrected chi connectivity index (χ3v) is 5.32. The van der Waals surface area contributed by atoms with Crippen molar-refractivity contribution in [2.45, 2.75) is 25.3 Å². The van der Waals surface area contributed by atoms with Crippen LogP contribution in [0.15, 0.2) is 34.6 Å². The Morgan fingerprint density at radius 3 is 2.38 bits per heavy atom. The molecule has 3 nitrogen and oxygen atoms in total. The molecule has 5 heteroatoms. The smallest absolute Gasteiger partial charge is 0.0831 e. The summed E-state index contributed by atoms with van der Waals surface area (Å²) in [6.45, 7) is 7.86. The first kappa shape index (κ1) is 11.6. The molecule has 1 unspecified atom stereocenters. The molecule has 16 heavy (non-hydrogen) atoms. The van der Waals surface area contributed by atoms with Crippen LogP contribution in [-0.4, -0.2) is 20.3 Å². The highest BCUT2D eigenvalue weighted by molar-refractivity contribution is 6.77. The number of benzene rings is 1. The van der Waals surface area contributed by atoms with Gasteiger partial charge in [0.05, 0.1) is 26.0 Å². The highest BCUT2D eigenvalue weighted by Crippen LogP contribution is 2.25. The number of anilines is 1. The molecule has 0 aromatic heterocycles. The van der Waals surface area contributed by atoms with Crippen molar-refractivity contribution in [1.29, 1.82) is 0 Å². The van der Waals surface area contributed by atoms with Crippen molar-refractivity contribution in [3.63, 3.8) is 0 Å². The van der Waals surface area contributed by atoms with Crippen molar-refractivity contribution in [3.8, 4) is 0 Å². The fourth-order valence-electron chi connectivity index (χ4n) is 1.58. The van der Waals surface area contributed by atoms with Gasteiger partial charge in [-0.2, -0.15) is 5.11 Å². The van der Waals surface area contributed by atoms with Gasteiger partial charge in [0.1, 0.15) is 0 Å². The largest absolute Gasteiger partial charge is 0.245 e. The Hall–Kier alpha value is -0.873. The zero-order valence-electron chi connectivity index (χ0n) is 9.81. The minimum Gasteiger partial charge on any atom is -0.245 e. The van der Waals surface area contributed by atoms with Crippen LogP contribution in [0.5, 0.6) is 0 Å². The van der Waals surface area contributed by atoms with Gasteiger partial charge < -0.3 is 0 Å². The molecule has 2 rings (SSSR count).